The van der Waals surface area contributed by atoms with Crippen molar-refractivity contribution in [1.29, 1.82) is 0 Å². The zero-order valence-electron chi connectivity index (χ0n) is 11.3. The van der Waals surface area contributed by atoms with Crippen molar-refractivity contribution in [3.8, 4) is 0 Å². The summed E-state index contributed by atoms with van der Waals surface area (Å²) in [6.45, 7) is 6.85. The Labute approximate surface area is 108 Å². The van der Waals surface area contributed by atoms with E-state index < -0.39 is 5.97 Å². The van der Waals surface area contributed by atoms with Crippen LogP contribution >= 0.6 is 0 Å². The number of nitrogens with zero attached hydrogens (tertiary/aromatic N) is 1. The lowest BCUT2D eigenvalue weighted by molar-refractivity contribution is 0.0695. The molecule has 0 saturated carbocycles. The Bertz CT molecular complexity index is 438. The number of hydrogen-bond donors (Lipinski definition) is 1. The first kappa shape index (κ1) is 13.1. The van der Waals surface area contributed by atoms with Crippen LogP contribution in [0.5, 0.6) is 0 Å². The van der Waals surface area contributed by atoms with Gasteiger partial charge in [0.15, 0.2) is 0 Å². The molecular weight excluding hydrogens is 230 g/mol. The van der Waals surface area contributed by atoms with Crippen LogP contribution in [0.2, 0.25) is 0 Å². The van der Waals surface area contributed by atoms with Gasteiger partial charge in [0, 0.05) is 12.1 Å². The highest BCUT2D eigenvalue weighted by Gasteiger charge is 2.30. The first-order chi connectivity index (χ1) is 8.52. The van der Waals surface area contributed by atoms with Crippen LogP contribution < -0.4 is 0 Å². The number of rotatable bonds is 4. The minimum atomic E-state index is -0.913. The quantitative estimate of drug-likeness (QED) is 0.893. The van der Waals surface area contributed by atoms with E-state index in [2.05, 4.69) is 18.7 Å². The lowest BCUT2D eigenvalue weighted by Crippen LogP contribution is -2.33. The molecule has 1 aromatic rings. The maximum absolute atomic E-state index is 11.0. The monoisotopic (exact) mass is 251 g/mol. The Morgan fingerprint density at radius 3 is 2.83 bits per heavy atom. The van der Waals surface area contributed by atoms with Crippen molar-refractivity contribution in [3.05, 3.63) is 23.2 Å². The number of aryl methyl sites for hydroxylation is 1. The third-order valence-corrected chi connectivity index (χ3v) is 3.96. The molecule has 2 atom stereocenters. The summed E-state index contributed by atoms with van der Waals surface area (Å²) >= 11 is 0. The number of furan rings is 1. The Hall–Kier alpha value is -1.29. The van der Waals surface area contributed by atoms with E-state index in [0.29, 0.717) is 24.4 Å². The van der Waals surface area contributed by atoms with Crippen molar-refractivity contribution >= 4 is 5.97 Å². The fraction of sp³-hybridized carbons (Fsp3) is 0.643. The highest BCUT2D eigenvalue weighted by molar-refractivity contribution is 5.88. The summed E-state index contributed by atoms with van der Waals surface area (Å²) in [5.41, 5.74) is 0.282. The molecule has 18 heavy (non-hydrogen) atoms. The van der Waals surface area contributed by atoms with Gasteiger partial charge in [0.1, 0.15) is 17.1 Å². The topological polar surface area (TPSA) is 53.7 Å². The zero-order chi connectivity index (χ0) is 13.3. The molecule has 1 N–H and O–H groups in total. The number of carboxylic acid groups (broad SMARTS) is 1. The van der Waals surface area contributed by atoms with Crippen LogP contribution in [-0.4, -0.2) is 28.1 Å². The molecule has 0 radical (unpaired) electrons. The molecule has 1 saturated heterocycles. The van der Waals surface area contributed by atoms with Gasteiger partial charge >= 0.3 is 5.97 Å². The van der Waals surface area contributed by atoms with E-state index in [-0.39, 0.29) is 5.56 Å². The zero-order valence-corrected chi connectivity index (χ0v) is 11.3. The van der Waals surface area contributed by atoms with Crippen LogP contribution in [0.4, 0.5) is 0 Å². The van der Waals surface area contributed by atoms with Crippen molar-refractivity contribution in [2.24, 2.45) is 0 Å². The van der Waals surface area contributed by atoms with Crippen molar-refractivity contribution in [2.75, 3.05) is 0 Å². The summed E-state index contributed by atoms with van der Waals surface area (Å²) < 4.78 is 5.56. The normalized spacial score (nSPS) is 24.6. The molecule has 1 aliphatic heterocycles. The van der Waals surface area contributed by atoms with Gasteiger partial charge in [-0.25, -0.2) is 4.79 Å². The second kappa shape index (κ2) is 5.14. The van der Waals surface area contributed by atoms with Gasteiger partial charge in [-0.05, 0) is 39.2 Å². The largest absolute Gasteiger partial charge is 0.478 e. The highest BCUT2D eigenvalue weighted by Crippen LogP contribution is 2.28. The fourth-order valence-corrected chi connectivity index (χ4v) is 2.86. The number of carbonyl (C=O) groups is 1. The summed E-state index contributed by atoms with van der Waals surface area (Å²) in [5, 5.41) is 9.02. The predicted octanol–water partition coefficient (Wildman–Crippen LogP) is 3.05. The number of likely N-dealkylation sites (tertiary alicyclic amines) is 1. The van der Waals surface area contributed by atoms with Crippen LogP contribution in [0.1, 0.15) is 55.0 Å². The summed E-state index contributed by atoms with van der Waals surface area (Å²) in [6.07, 6.45) is 3.57. The van der Waals surface area contributed by atoms with E-state index in [4.69, 9.17) is 9.52 Å². The van der Waals surface area contributed by atoms with Crippen molar-refractivity contribution in [1.82, 2.24) is 4.90 Å². The molecule has 0 spiro atoms. The van der Waals surface area contributed by atoms with E-state index in [1.54, 1.807) is 13.0 Å². The van der Waals surface area contributed by atoms with Gasteiger partial charge in [-0.2, -0.15) is 0 Å². The Balaban J connectivity index is 2.13. The summed E-state index contributed by atoms with van der Waals surface area (Å²) in [4.78, 5) is 13.4. The standard InChI is InChI=1S/C14H21NO3/c1-4-11-6-5-9(2)15(11)8-12-7-13(14(16)17)10(3)18-12/h7,9,11H,4-6,8H2,1-3H3,(H,16,17). The maximum atomic E-state index is 11.0. The van der Waals surface area contributed by atoms with Crippen molar-refractivity contribution < 1.29 is 14.3 Å². The van der Waals surface area contributed by atoms with Crippen molar-refractivity contribution in [2.45, 2.75) is 58.7 Å². The van der Waals surface area contributed by atoms with E-state index >= 15 is 0 Å². The van der Waals surface area contributed by atoms with Crippen LogP contribution in [0, 0.1) is 6.92 Å². The van der Waals surface area contributed by atoms with Gasteiger partial charge in [0.2, 0.25) is 0 Å². The first-order valence-corrected chi connectivity index (χ1v) is 6.61. The molecule has 2 rings (SSSR count). The van der Waals surface area contributed by atoms with E-state index in [0.717, 1.165) is 12.2 Å². The number of carboxylic acids is 1. The van der Waals surface area contributed by atoms with Gasteiger partial charge in [-0.15, -0.1) is 0 Å². The highest BCUT2D eigenvalue weighted by atomic mass is 16.4. The second-order valence-electron chi connectivity index (χ2n) is 5.15. The SMILES string of the molecule is CCC1CCC(C)N1Cc1cc(C(=O)O)c(C)o1. The lowest BCUT2D eigenvalue weighted by atomic mass is 10.1. The van der Waals surface area contributed by atoms with Gasteiger partial charge in [-0.1, -0.05) is 6.92 Å². The number of hydrogen-bond acceptors (Lipinski definition) is 3. The molecule has 0 amide bonds. The average Bonchev–Trinajstić information content (AvgIpc) is 2.84. The third kappa shape index (κ3) is 2.43. The molecular formula is C14H21NO3. The van der Waals surface area contributed by atoms with E-state index in [1.165, 1.54) is 12.8 Å². The molecule has 100 valence electrons. The molecule has 4 nitrogen and oxygen atoms in total. The molecule has 0 aromatic carbocycles. The summed E-state index contributed by atoms with van der Waals surface area (Å²) in [6, 6.07) is 2.81. The molecule has 1 fully saturated rings. The van der Waals surface area contributed by atoms with Crippen LogP contribution in [0.15, 0.2) is 10.5 Å². The van der Waals surface area contributed by atoms with Crippen molar-refractivity contribution in [3.63, 3.8) is 0 Å². The molecule has 0 aliphatic carbocycles. The smallest absolute Gasteiger partial charge is 0.339 e. The second-order valence-corrected chi connectivity index (χ2v) is 5.15. The summed E-state index contributed by atoms with van der Waals surface area (Å²) in [7, 11) is 0. The first-order valence-electron chi connectivity index (χ1n) is 6.61. The molecule has 0 bridgehead atoms. The maximum Gasteiger partial charge on any atom is 0.339 e. The minimum Gasteiger partial charge on any atom is -0.478 e. The average molecular weight is 251 g/mol. The molecule has 1 aromatic heterocycles. The van der Waals surface area contributed by atoms with Gasteiger partial charge in [-0.3, -0.25) is 4.90 Å². The molecule has 4 heteroatoms. The Kier molecular flexibility index (Phi) is 3.76. The molecule has 1 aliphatic rings. The lowest BCUT2D eigenvalue weighted by Gasteiger charge is -2.26. The van der Waals surface area contributed by atoms with Gasteiger partial charge < -0.3 is 9.52 Å². The van der Waals surface area contributed by atoms with Gasteiger partial charge in [0.25, 0.3) is 0 Å². The third-order valence-electron chi connectivity index (χ3n) is 3.96. The Morgan fingerprint density at radius 2 is 2.28 bits per heavy atom. The molecule has 2 unspecified atom stereocenters. The summed E-state index contributed by atoms with van der Waals surface area (Å²) in [5.74, 6) is 0.346. The van der Waals surface area contributed by atoms with Gasteiger partial charge in [0.05, 0.1) is 6.54 Å². The predicted molar refractivity (Wildman–Crippen MR) is 68.7 cm³/mol. The fourth-order valence-electron chi connectivity index (χ4n) is 2.86. The van der Waals surface area contributed by atoms with Crippen LogP contribution in [0.3, 0.4) is 0 Å². The van der Waals surface area contributed by atoms with E-state index in [1.807, 2.05) is 0 Å². The minimum absolute atomic E-state index is 0.282. The Morgan fingerprint density at radius 1 is 1.56 bits per heavy atom. The van der Waals surface area contributed by atoms with E-state index in [9.17, 15) is 4.79 Å². The number of aromatic carboxylic acids is 1. The molecule has 2 heterocycles. The van der Waals surface area contributed by atoms with Crippen LogP contribution in [0.25, 0.3) is 0 Å². The van der Waals surface area contributed by atoms with Crippen LogP contribution in [-0.2, 0) is 6.54 Å².